The molecule has 0 aliphatic carbocycles. The van der Waals surface area contributed by atoms with Crippen LogP contribution < -0.4 is 5.32 Å². The number of aliphatic hydroxyl groups is 5. The first kappa shape index (κ1) is 78.9. The van der Waals surface area contributed by atoms with Gasteiger partial charge in [-0.05, 0) is 96.3 Å². The number of hydrogen-bond acceptors (Lipinski definition) is 8. The van der Waals surface area contributed by atoms with Gasteiger partial charge < -0.3 is 40.3 Å². The second-order valence-electron chi connectivity index (χ2n) is 23.9. The summed E-state index contributed by atoms with van der Waals surface area (Å²) in [5, 5.41) is 54.7. The van der Waals surface area contributed by atoms with Crippen LogP contribution in [-0.2, 0) is 14.3 Å². The third-order valence-corrected chi connectivity index (χ3v) is 16.1. The molecule has 7 unspecified atom stereocenters. The minimum atomic E-state index is -1.58. The highest BCUT2D eigenvalue weighted by Crippen LogP contribution is 2.23. The first-order valence-electron chi connectivity index (χ1n) is 35.1. The first-order chi connectivity index (χ1) is 41.3. The zero-order valence-electron chi connectivity index (χ0n) is 54.1. The van der Waals surface area contributed by atoms with Crippen LogP contribution in [0.1, 0.15) is 303 Å². The second-order valence-corrected chi connectivity index (χ2v) is 23.9. The average Bonchev–Trinajstić information content (AvgIpc) is 3.70. The van der Waals surface area contributed by atoms with E-state index in [1.165, 1.54) is 199 Å². The van der Waals surface area contributed by atoms with E-state index in [2.05, 4.69) is 116 Å². The lowest BCUT2D eigenvalue weighted by molar-refractivity contribution is -0.302. The van der Waals surface area contributed by atoms with Crippen LogP contribution in [0.2, 0.25) is 0 Å². The molecule has 6 N–H and O–H groups in total. The minimum absolute atomic E-state index is 0.190. The first-order valence-corrected chi connectivity index (χ1v) is 35.1. The van der Waals surface area contributed by atoms with Gasteiger partial charge in [0.05, 0.1) is 25.4 Å². The Bertz CT molecular complexity index is 1690. The molecule has 0 radical (unpaired) electrons. The molecule has 1 heterocycles. The Morgan fingerprint density at radius 1 is 0.417 bits per heavy atom. The molecule has 7 atom stereocenters. The summed E-state index contributed by atoms with van der Waals surface area (Å²) >= 11 is 0. The lowest BCUT2D eigenvalue weighted by Crippen LogP contribution is -2.60. The van der Waals surface area contributed by atoms with E-state index < -0.39 is 49.5 Å². The third kappa shape index (κ3) is 50.9. The van der Waals surface area contributed by atoms with Crippen molar-refractivity contribution in [2.24, 2.45) is 0 Å². The minimum Gasteiger partial charge on any atom is -0.394 e. The van der Waals surface area contributed by atoms with Gasteiger partial charge in [0.15, 0.2) is 6.29 Å². The van der Waals surface area contributed by atoms with E-state index in [1.807, 2.05) is 6.08 Å². The molecule has 0 saturated carbocycles. The molecule has 1 aliphatic rings. The monoisotopic (exact) mass is 1170 g/mol. The van der Waals surface area contributed by atoms with Crippen molar-refractivity contribution in [1.29, 1.82) is 0 Å². The highest BCUT2D eigenvalue weighted by Gasteiger charge is 2.44. The van der Waals surface area contributed by atoms with Crippen molar-refractivity contribution in [1.82, 2.24) is 5.32 Å². The maximum Gasteiger partial charge on any atom is 0.220 e. The SMILES string of the molecule is CC/C=C\C/C=C\C/C=C\C/C=C\C/C=C\C/C=C\CCCCCCCCCCCCCCCCCCCCC(=O)NC(COC1OC(CO)C(O)C(O)C1O)C(O)/C=C/CC/C=C/CC/C=C/CCCCCCCCCCCCCCCC. The number of aliphatic hydroxyl groups excluding tert-OH is 5. The van der Waals surface area contributed by atoms with Gasteiger partial charge in [0.25, 0.3) is 0 Å². The fourth-order valence-electron chi connectivity index (χ4n) is 10.6. The Morgan fingerprint density at radius 3 is 1.14 bits per heavy atom. The molecular weight excluding hydrogens is 1040 g/mol. The van der Waals surface area contributed by atoms with Crippen molar-refractivity contribution >= 4 is 5.91 Å². The van der Waals surface area contributed by atoms with E-state index in [0.717, 1.165) is 83.5 Å². The number of carbonyl (C=O) groups is 1. The molecule has 9 heteroatoms. The second kappa shape index (κ2) is 62.9. The van der Waals surface area contributed by atoms with Gasteiger partial charge in [0.1, 0.15) is 24.4 Å². The summed E-state index contributed by atoms with van der Waals surface area (Å²) in [5.74, 6) is -0.190. The highest BCUT2D eigenvalue weighted by molar-refractivity contribution is 5.76. The van der Waals surface area contributed by atoms with Crippen molar-refractivity contribution in [3.8, 4) is 0 Å². The molecule has 1 fully saturated rings. The lowest BCUT2D eigenvalue weighted by atomic mass is 9.99. The molecule has 0 aromatic rings. The maximum atomic E-state index is 13.1. The van der Waals surface area contributed by atoms with Gasteiger partial charge in [-0.25, -0.2) is 0 Å². The van der Waals surface area contributed by atoms with Crippen LogP contribution in [0.25, 0.3) is 0 Å². The molecule has 0 aromatic heterocycles. The van der Waals surface area contributed by atoms with Crippen LogP contribution in [0.4, 0.5) is 0 Å². The zero-order valence-corrected chi connectivity index (χ0v) is 54.1. The average molecular weight is 1170 g/mol. The summed E-state index contributed by atoms with van der Waals surface area (Å²) in [4.78, 5) is 13.1. The van der Waals surface area contributed by atoms with Gasteiger partial charge in [-0.3, -0.25) is 4.79 Å². The summed E-state index contributed by atoms with van der Waals surface area (Å²) in [6.07, 6.45) is 86.2. The van der Waals surface area contributed by atoms with Crippen LogP contribution >= 0.6 is 0 Å². The Hall–Kier alpha value is -3.15. The van der Waals surface area contributed by atoms with Gasteiger partial charge in [0, 0.05) is 6.42 Å². The van der Waals surface area contributed by atoms with E-state index in [4.69, 9.17) is 9.47 Å². The number of amides is 1. The Kier molecular flexibility index (Phi) is 59.0. The topological polar surface area (TPSA) is 149 Å². The van der Waals surface area contributed by atoms with Gasteiger partial charge in [-0.1, -0.05) is 309 Å². The summed E-state index contributed by atoms with van der Waals surface area (Å²) in [7, 11) is 0. The van der Waals surface area contributed by atoms with Crippen LogP contribution in [0, 0.1) is 0 Å². The molecule has 1 saturated heterocycles. The van der Waals surface area contributed by atoms with Crippen molar-refractivity contribution in [3.63, 3.8) is 0 Å². The number of hydrogen-bond donors (Lipinski definition) is 6. The molecule has 484 valence electrons. The van der Waals surface area contributed by atoms with Gasteiger partial charge >= 0.3 is 0 Å². The van der Waals surface area contributed by atoms with E-state index in [-0.39, 0.29) is 12.5 Å². The van der Waals surface area contributed by atoms with Gasteiger partial charge in [-0.15, -0.1) is 0 Å². The molecule has 0 spiro atoms. The quantitative estimate of drug-likeness (QED) is 0.0261. The van der Waals surface area contributed by atoms with E-state index in [9.17, 15) is 30.3 Å². The van der Waals surface area contributed by atoms with Crippen molar-refractivity contribution in [3.05, 3.63) is 109 Å². The van der Waals surface area contributed by atoms with Crippen LogP contribution in [0.5, 0.6) is 0 Å². The maximum absolute atomic E-state index is 13.1. The fraction of sp³-hybridized carbons (Fsp3) is 0.747. The molecule has 0 bridgehead atoms. The van der Waals surface area contributed by atoms with Crippen molar-refractivity contribution in [2.75, 3.05) is 13.2 Å². The summed E-state index contributed by atoms with van der Waals surface area (Å²) in [6, 6.07) is -0.834. The van der Waals surface area contributed by atoms with Crippen LogP contribution in [0.15, 0.2) is 109 Å². The Labute approximate surface area is 516 Å². The van der Waals surface area contributed by atoms with E-state index in [1.54, 1.807) is 6.08 Å². The van der Waals surface area contributed by atoms with Gasteiger partial charge in [-0.2, -0.15) is 0 Å². The molecule has 1 amide bonds. The number of nitrogens with one attached hydrogen (secondary N) is 1. The fourth-order valence-corrected chi connectivity index (χ4v) is 10.6. The number of rotatable bonds is 60. The highest BCUT2D eigenvalue weighted by atomic mass is 16.7. The third-order valence-electron chi connectivity index (χ3n) is 16.1. The number of unbranched alkanes of at least 4 members (excludes halogenated alkanes) is 34. The predicted octanol–water partition coefficient (Wildman–Crippen LogP) is 19.2. The molecule has 9 nitrogen and oxygen atoms in total. The number of ether oxygens (including phenoxy) is 2. The summed E-state index contributed by atoms with van der Waals surface area (Å²) in [6.45, 7) is 3.67. The number of allylic oxidation sites excluding steroid dienone is 17. The summed E-state index contributed by atoms with van der Waals surface area (Å²) < 4.78 is 11.3. The zero-order chi connectivity index (χ0) is 60.7. The molecular formula is C75H131NO8. The van der Waals surface area contributed by atoms with E-state index in [0.29, 0.717) is 6.42 Å². The predicted molar refractivity (Wildman–Crippen MR) is 359 cm³/mol. The van der Waals surface area contributed by atoms with Crippen molar-refractivity contribution < 1.29 is 39.8 Å². The number of carbonyl (C=O) groups excluding carboxylic acids is 1. The molecule has 1 aliphatic heterocycles. The normalized spacial score (nSPS) is 18.9. The van der Waals surface area contributed by atoms with Crippen LogP contribution in [0.3, 0.4) is 0 Å². The molecule has 1 rings (SSSR count). The summed E-state index contributed by atoms with van der Waals surface area (Å²) in [5.41, 5.74) is 0. The Balaban J connectivity index is 2.14. The smallest absolute Gasteiger partial charge is 0.220 e. The standard InChI is InChI=1S/C75H131NO8/c1-3-5-7-9-11-13-15-17-19-21-23-25-27-29-30-31-32-33-34-35-36-37-38-39-40-41-43-45-47-49-51-53-55-57-59-61-63-65-71(79)76-68(67-83-75-74(82)73(81)72(80)70(66-77)84-75)69(78)64-62-60-58-56-54-52-50-48-46-44-42-28-26-24-22-20-18-16-14-12-10-8-6-4-2/h5,7,11,13,17,19,23,25,29-30,32-33,46,48,54,56,62,64,68-70,72-75,77-78,80-82H,3-4,6,8-10,12,14-16,18,20-22,24,26-28,31,34-45,47,49-53,55,57-61,63,65-67H2,1-2H3,(H,76,79)/b7-5-,13-11-,19-17-,25-23-,30-29-,33-32-,48-46+,56-54+,64-62+. The van der Waals surface area contributed by atoms with Crippen LogP contribution in [-0.4, -0.2) is 87.5 Å². The van der Waals surface area contributed by atoms with E-state index >= 15 is 0 Å². The largest absolute Gasteiger partial charge is 0.394 e. The molecule has 0 aromatic carbocycles. The molecule has 84 heavy (non-hydrogen) atoms. The lowest BCUT2D eigenvalue weighted by Gasteiger charge is -2.40. The van der Waals surface area contributed by atoms with Crippen molar-refractivity contribution in [2.45, 2.75) is 346 Å². The Morgan fingerprint density at radius 2 is 0.750 bits per heavy atom. The van der Waals surface area contributed by atoms with Gasteiger partial charge in [0.2, 0.25) is 5.91 Å².